The van der Waals surface area contributed by atoms with Crippen LogP contribution in [-0.2, 0) is 6.42 Å². The Balaban J connectivity index is 1.94. The summed E-state index contributed by atoms with van der Waals surface area (Å²) in [5.74, 6) is 2.08. The van der Waals surface area contributed by atoms with Crippen LogP contribution < -0.4 is 4.74 Å². The first-order chi connectivity index (χ1) is 8.00. The molecule has 2 aliphatic rings. The van der Waals surface area contributed by atoms with Crippen molar-refractivity contribution in [3.63, 3.8) is 0 Å². The van der Waals surface area contributed by atoms with Crippen LogP contribution in [0.25, 0.3) is 0 Å². The Labute approximate surface area is 103 Å². The Kier molecular flexibility index (Phi) is 2.27. The highest BCUT2D eigenvalue weighted by molar-refractivity contribution is 5.48. The summed E-state index contributed by atoms with van der Waals surface area (Å²) in [6.45, 7) is 6.76. The minimum atomic E-state index is -0.0622. The van der Waals surface area contributed by atoms with Gasteiger partial charge >= 0.3 is 0 Å². The van der Waals surface area contributed by atoms with Crippen LogP contribution in [0.1, 0.15) is 42.9 Å². The first-order valence-electron chi connectivity index (χ1n) is 6.43. The van der Waals surface area contributed by atoms with Crippen molar-refractivity contribution in [2.75, 3.05) is 6.61 Å². The van der Waals surface area contributed by atoms with Crippen molar-refractivity contribution in [3.8, 4) is 5.75 Å². The van der Waals surface area contributed by atoms with Gasteiger partial charge in [-0.3, -0.25) is 0 Å². The molecule has 1 aromatic carbocycles. The summed E-state index contributed by atoms with van der Waals surface area (Å²) in [6.07, 6.45) is 2.12. The number of hydrogen-bond acceptors (Lipinski definition) is 2. The maximum atomic E-state index is 9.17. The molecule has 2 heteroatoms. The van der Waals surface area contributed by atoms with E-state index < -0.39 is 0 Å². The third-order valence-corrected chi connectivity index (χ3v) is 4.01. The van der Waals surface area contributed by atoms with Crippen LogP contribution >= 0.6 is 0 Å². The van der Waals surface area contributed by atoms with Crippen molar-refractivity contribution in [1.82, 2.24) is 0 Å². The van der Waals surface area contributed by atoms with Crippen molar-refractivity contribution in [2.24, 2.45) is 5.92 Å². The predicted molar refractivity (Wildman–Crippen MR) is 67.5 cm³/mol. The number of aliphatic hydroxyl groups is 1. The van der Waals surface area contributed by atoms with Crippen molar-refractivity contribution >= 4 is 0 Å². The average molecular weight is 232 g/mol. The molecule has 2 nitrogen and oxygen atoms in total. The molecular weight excluding hydrogens is 212 g/mol. The summed E-state index contributed by atoms with van der Waals surface area (Å²) in [7, 11) is 0. The second-order valence-electron chi connectivity index (χ2n) is 6.14. The van der Waals surface area contributed by atoms with Crippen molar-refractivity contribution < 1.29 is 9.84 Å². The Morgan fingerprint density at radius 1 is 1.41 bits per heavy atom. The zero-order valence-corrected chi connectivity index (χ0v) is 10.8. The standard InChI is InChI=1S/C15H20O2/c1-9-4-10-7-15(2,3)17-14(10)6-12(9)13-5-11(13)8-16/h4,6,11,13,16H,5,7-8H2,1-3H3/t11-,13+/m0/s1. The number of hydrogen-bond donors (Lipinski definition) is 1. The van der Waals surface area contributed by atoms with E-state index >= 15 is 0 Å². The Morgan fingerprint density at radius 3 is 2.82 bits per heavy atom. The van der Waals surface area contributed by atoms with Gasteiger partial charge in [0.1, 0.15) is 11.4 Å². The summed E-state index contributed by atoms with van der Waals surface area (Å²) in [6, 6.07) is 4.48. The molecule has 0 spiro atoms. The highest BCUT2D eigenvalue weighted by Gasteiger charge is 2.40. The molecule has 3 rings (SSSR count). The van der Waals surface area contributed by atoms with Gasteiger partial charge in [-0.25, -0.2) is 0 Å². The fourth-order valence-corrected chi connectivity index (χ4v) is 3.02. The lowest BCUT2D eigenvalue weighted by Gasteiger charge is -2.17. The monoisotopic (exact) mass is 232 g/mol. The number of aryl methyl sites for hydroxylation is 1. The first kappa shape index (κ1) is 11.1. The van der Waals surface area contributed by atoms with E-state index in [1.807, 2.05) is 0 Å². The van der Waals surface area contributed by atoms with Gasteiger partial charge in [0.2, 0.25) is 0 Å². The Hall–Kier alpha value is -1.02. The molecule has 1 aliphatic heterocycles. The van der Waals surface area contributed by atoms with Crippen molar-refractivity contribution in [1.29, 1.82) is 0 Å². The number of benzene rings is 1. The molecule has 1 heterocycles. The smallest absolute Gasteiger partial charge is 0.123 e. The van der Waals surface area contributed by atoms with Gasteiger partial charge in [0.25, 0.3) is 0 Å². The summed E-state index contributed by atoms with van der Waals surface area (Å²) in [4.78, 5) is 0. The van der Waals surface area contributed by atoms with Crippen molar-refractivity contribution in [3.05, 3.63) is 28.8 Å². The molecule has 92 valence electrons. The van der Waals surface area contributed by atoms with Crippen LogP contribution in [-0.4, -0.2) is 17.3 Å². The minimum absolute atomic E-state index is 0.0622. The van der Waals surface area contributed by atoms with Gasteiger partial charge in [0.15, 0.2) is 0 Å². The maximum absolute atomic E-state index is 9.17. The van der Waals surface area contributed by atoms with Gasteiger partial charge in [-0.05, 0) is 61.8 Å². The minimum Gasteiger partial charge on any atom is -0.487 e. The van der Waals surface area contributed by atoms with E-state index in [1.54, 1.807) is 0 Å². The van der Waals surface area contributed by atoms with E-state index in [0.29, 0.717) is 18.4 Å². The molecule has 0 amide bonds. The van der Waals surface area contributed by atoms with Gasteiger partial charge in [-0.15, -0.1) is 0 Å². The molecule has 0 aromatic heterocycles. The number of ether oxygens (including phenoxy) is 1. The van der Waals surface area contributed by atoms with E-state index in [1.165, 1.54) is 16.7 Å². The Bertz CT molecular complexity index is 462. The molecule has 1 fully saturated rings. The topological polar surface area (TPSA) is 29.5 Å². The van der Waals surface area contributed by atoms with Crippen LogP contribution in [0.3, 0.4) is 0 Å². The molecule has 1 aliphatic carbocycles. The second kappa shape index (κ2) is 3.49. The Morgan fingerprint density at radius 2 is 2.18 bits per heavy atom. The van der Waals surface area contributed by atoms with Gasteiger partial charge in [0.05, 0.1) is 0 Å². The zero-order chi connectivity index (χ0) is 12.2. The van der Waals surface area contributed by atoms with Gasteiger partial charge in [0, 0.05) is 13.0 Å². The van der Waals surface area contributed by atoms with E-state index in [2.05, 4.69) is 32.9 Å². The molecule has 0 saturated heterocycles. The second-order valence-corrected chi connectivity index (χ2v) is 6.14. The summed E-state index contributed by atoms with van der Waals surface area (Å²) < 4.78 is 5.97. The van der Waals surface area contributed by atoms with Gasteiger partial charge < -0.3 is 9.84 Å². The third kappa shape index (κ3) is 1.85. The van der Waals surface area contributed by atoms with Crippen LogP contribution in [0.15, 0.2) is 12.1 Å². The summed E-state index contributed by atoms with van der Waals surface area (Å²) in [5.41, 5.74) is 4.00. The lowest BCUT2D eigenvalue weighted by molar-refractivity contribution is 0.138. The van der Waals surface area contributed by atoms with Gasteiger partial charge in [-0.2, -0.15) is 0 Å². The molecular formula is C15H20O2. The van der Waals surface area contributed by atoms with Crippen LogP contribution in [0.2, 0.25) is 0 Å². The maximum Gasteiger partial charge on any atom is 0.123 e. The van der Waals surface area contributed by atoms with E-state index in [0.717, 1.165) is 18.6 Å². The average Bonchev–Trinajstić information content (AvgIpc) is 2.94. The van der Waals surface area contributed by atoms with E-state index in [-0.39, 0.29) is 5.60 Å². The summed E-state index contributed by atoms with van der Waals surface area (Å²) in [5, 5.41) is 9.17. The number of fused-ring (bicyclic) bond motifs is 1. The lowest BCUT2D eigenvalue weighted by Crippen LogP contribution is -2.24. The molecule has 17 heavy (non-hydrogen) atoms. The lowest BCUT2D eigenvalue weighted by atomic mass is 9.96. The SMILES string of the molecule is Cc1cc2c(cc1[C@@H]1C[C@H]1CO)OC(C)(C)C2. The van der Waals surface area contributed by atoms with E-state index in [9.17, 15) is 5.11 Å². The third-order valence-electron chi connectivity index (χ3n) is 4.01. The molecule has 1 N–H and O–H groups in total. The zero-order valence-electron chi connectivity index (χ0n) is 10.8. The molecule has 1 saturated carbocycles. The van der Waals surface area contributed by atoms with Crippen LogP contribution in [0.5, 0.6) is 5.75 Å². The van der Waals surface area contributed by atoms with Crippen molar-refractivity contribution in [2.45, 2.75) is 45.1 Å². The highest BCUT2D eigenvalue weighted by atomic mass is 16.5. The highest BCUT2D eigenvalue weighted by Crippen LogP contribution is 2.50. The normalized spacial score (nSPS) is 28.7. The molecule has 0 bridgehead atoms. The quantitative estimate of drug-likeness (QED) is 0.849. The summed E-state index contributed by atoms with van der Waals surface area (Å²) >= 11 is 0. The number of aliphatic hydroxyl groups excluding tert-OH is 1. The van der Waals surface area contributed by atoms with E-state index in [4.69, 9.17) is 4.74 Å². The molecule has 0 radical (unpaired) electrons. The molecule has 2 atom stereocenters. The first-order valence-corrected chi connectivity index (χ1v) is 6.43. The van der Waals surface area contributed by atoms with Crippen LogP contribution in [0, 0.1) is 12.8 Å². The fraction of sp³-hybridized carbons (Fsp3) is 0.600. The predicted octanol–water partition coefficient (Wildman–Crippen LogP) is 2.80. The van der Waals surface area contributed by atoms with Gasteiger partial charge in [-0.1, -0.05) is 6.07 Å². The molecule has 0 unspecified atom stereocenters. The largest absolute Gasteiger partial charge is 0.487 e. The van der Waals surface area contributed by atoms with Crippen LogP contribution in [0.4, 0.5) is 0 Å². The molecule has 1 aromatic rings. The fourth-order valence-electron chi connectivity index (χ4n) is 3.02. The number of rotatable bonds is 2.